The van der Waals surface area contributed by atoms with E-state index in [1.165, 1.54) is 99.5 Å². The van der Waals surface area contributed by atoms with Crippen molar-refractivity contribution in [2.75, 3.05) is 103 Å². The van der Waals surface area contributed by atoms with Crippen LogP contribution in [0, 0.1) is 0 Å². The zero-order chi connectivity index (χ0) is 24.3. The van der Waals surface area contributed by atoms with Crippen LogP contribution in [0.2, 0.25) is 0 Å². The second kappa shape index (κ2) is 14.1. The average Bonchev–Trinajstić information content (AvgIpc) is 2.88. The average molecular weight is 497 g/mol. The number of benzene rings is 2. The fourth-order valence-corrected chi connectivity index (χ4v) is 5.75. The smallest absolute Gasteiger partial charge is 0.0482 e. The van der Waals surface area contributed by atoms with Gasteiger partial charge in [-0.15, -0.1) is 0 Å². The van der Waals surface area contributed by atoms with Crippen molar-refractivity contribution in [3.05, 3.63) is 48.5 Å². The third-order valence-corrected chi connectivity index (χ3v) is 8.27. The molecule has 2 saturated heterocycles. The van der Waals surface area contributed by atoms with E-state index in [4.69, 9.17) is 0 Å². The van der Waals surface area contributed by atoms with Gasteiger partial charge in [0.15, 0.2) is 0 Å². The summed E-state index contributed by atoms with van der Waals surface area (Å²) in [4.78, 5) is 12.6. The van der Waals surface area contributed by atoms with Gasteiger partial charge in [0.1, 0.15) is 0 Å². The first-order valence-corrected chi connectivity index (χ1v) is 14.1. The number of nitrogens with one attached hydrogen (secondary N) is 2. The van der Waals surface area contributed by atoms with Crippen molar-refractivity contribution >= 4 is 23.1 Å². The molecule has 0 aliphatic carbocycles. The molecule has 0 unspecified atom stereocenters. The van der Waals surface area contributed by atoms with Crippen molar-refractivity contribution in [1.29, 1.82) is 0 Å². The Hall–Kier alpha value is -1.77. The van der Waals surface area contributed by atoms with Gasteiger partial charge in [0.05, 0.1) is 0 Å². The fourth-order valence-electron chi connectivity index (χ4n) is 4.72. The molecular formula is C28H44N6S. The van der Waals surface area contributed by atoms with Crippen molar-refractivity contribution < 1.29 is 0 Å². The lowest BCUT2D eigenvalue weighted by atomic mass is 10.3. The Balaban J connectivity index is 1.23. The van der Waals surface area contributed by atoms with Crippen molar-refractivity contribution in [2.24, 2.45) is 0 Å². The molecule has 6 nitrogen and oxygen atoms in total. The highest BCUT2D eigenvalue weighted by Gasteiger charge is 2.14. The quantitative estimate of drug-likeness (QED) is 0.431. The summed E-state index contributed by atoms with van der Waals surface area (Å²) in [5, 5.41) is 7.41. The molecule has 2 fully saturated rings. The van der Waals surface area contributed by atoms with Crippen molar-refractivity contribution in [1.82, 2.24) is 19.6 Å². The number of piperazine rings is 2. The highest BCUT2D eigenvalue weighted by molar-refractivity contribution is 7.99. The Morgan fingerprint density at radius 2 is 1.00 bits per heavy atom. The Morgan fingerprint density at radius 3 is 1.43 bits per heavy atom. The van der Waals surface area contributed by atoms with Crippen LogP contribution in [0.4, 0.5) is 11.4 Å². The maximum Gasteiger partial charge on any atom is 0.0482 e. The minimum absolute atomic E-state index is 1.01. The van der Waals surface area contributed by atoms with E-state index in [-0.39, 0.29) is 0 Å². The minimum Gasteiger partial charge on any atom is -0.384 e. The predicted molar refractivity (Wildman–Crippen MR) is 151 cm³/mol. The van der Waals surface area contributed by atoms with Crippen LogP contribution in [0.5, 0.6) is 0 Å². The van der Waals surface area contributed by atoms with E-state index in [9.17, 15) is 0 Å². The number of hydrogen-bond donors (Lipinski definition) is 2. The number of anilines is 2. The second-order valence-corrected chi connectivity index (χ2v) is 11.0. The van der Waals surface area contributed by atoms with E-state index in [2.05, 4.69) is 92.9 Å². The van der Waals surface area contributed by atoms with Gasteiger partial charge in [-0.1, -0.05) is 36.0 Å². The number of para-hydroxylation sites is 2. The largest absolute Gasteiger partial charge is 0.384 e. The van der Waals surface area contributed by atoms with Crippen LogP contribution in [0.1, 0.15) is 12.8 Å². The molecule has 0 radical (unpaired) electrons. The van der Waals surface area contributed by atoms with Gasteiger partial charge in [-0.2, -0.15) is 0 Å². The van der Waals surface area contributed by atoms with Gasteiger partial charge in [-0.05, 0) is 64.3 Å². The molecule has 2 N–H and O–H groups in total. The standard InChI is InChI=1S/C28H44N6S/c1-31-17-21-33(22-18-31)15-7-13-29-25-9-3-5-11-27(25)35-28-12-6-4-10-26(28)30-14-8-16-34-23-19-32(2)20-24-34/h3-6,9-12,29-30H,7-8,13-24H2,1-2H3. The summed E-state index contributed by atoms with van der Waals surface area (Å²) < 4.78 is 0. The van der Waals surface area contributed by atoms with Crippen molar-refractivity contribution in [2.45, 2.75) is 22.6 Å². The van der Waals surface area contributed by atoms with Crippen LogP contribution in [0.25, 0.3) is 0 Å². The van der Waals surface area contributed by atoms with Gasteiger partial charge in [0, 0.05) is 86.6 Å². The lowest BCUT2D eigenvalue weighted by Gasteiger charge is -2.32. The lowest BCUT2D eigenvalue weighted by molar-refractivity contribution is 0.154. The molecule has 2 aliphatic rings. The van der Waals surface area contributed by atoms with Gasteiger partial charge < -0.3 is 30.2 Å². The molecule has 4 rings (SSSR count). The summed E-state index contributed by atoms with van der Waals surface area (Å²) in [6.45, 7) is 13.9. The molecule has 0 atom stereocenters. The topological polar surface area (TPSA) is 37.0 Å². The van der Waals surface area contributed by atoms with E-state index in [1.54, 1.807) is 0 Å². The van der Waals surface area contributed by atoms with Crippen LogP contribution in [-0.2, 0) is 0 Å². The third-order valence-electron chi connectivity index (χ3n) is 7.12. The minimum atomic E-state index is 1.01. The van der Waals surface area contributed by atoms with Gasteiger partial charge in [0.25, 0.3) is 0 Å². The molecular weight excluding hydrogens is 452 g/mol. The summed E-state index contributed by atoms with van der Waals surface area (Å²) in [5.74, 6) is 0. The van der Waals surface area contributed by atoms with Crippen molar-refractivity contribution in [3.63, 3.8) is 0 Å². The van der Waals surface area contributed by atoms with E-state index >= 15 is 0 Å². The number of hydrogen-bond acceptors (Lipinski definition) is 7. The summed E-state index contributed by atoms with van der Waals surface area (Å²) in [5.41, 5.74) is 2.47. The molecule has 2 aromatic carbocycles. The maximum atomic E-state index is 3.71. The molecule has 0 spiro atoms. The van der Waals surface area contributed by atoms with E-state index < -0.39 is 0 Å². The second-order valence-electron chi connectivity index (χ2n) is 9.94. The fraction of sp³-hybridized carbons (Fsp3) is 0.571. The highest BCUT2D eigenvalue weighted by Crippen LogP contribution is 2.37. The maximum absolute atomic E-state index is 3.71. The molecule has 0 amide bonds. The summed E-state index contributed by atoms with van der Waals surface area (Å²) >= 11 is 1.86. The first-order chi connectivity index (χ1) is 17.2. The number of rotatable bonds is 12. The Labute approximate surface area is 217 Å². The molecule has 2 aromatic rings. The molecule has 35 heavy (non-hydrogen) atoms. The van der Waals surface area contributed by atoms with Crippen LogP contribution in [0.3, 0.4) is 0 Å². The summed E-state index contributed by atoms with van der Waals surface area (Å²) in [7, 11) is 4.44. The predicted octanol–water partition coefficient (Wildman–Crippen LogP) is 3.94. The molecule has 7 heteroatoms. The van der Waals surface area contributed by atoms with Crippen molar-refractivity contribution in [3.8, 4) is 0 Å². The van der Waals surface area contributed by atoms with Gasteiger partial charge in [-0.25, -0.2) is 0 Å². The van der Waals surface area contributed by atoms with Crippen LogP contribution in [0.15, 0.2) is 58.3 Å². The first kappa shape index (κ1) is 26.3. The molecule has 0 saturated carbocycles. The third kappa shape index (κ3) is 8.69. The Morgan fingerprint density at radius 1 is 0.600 bits per heavy atom. The van der Waals surface area contributed by atoms with Crippen LogP contribution < -0.4 is 10.6 Å². The molecule has 2 heterocycles. The molecule has 0 aromatic heterocycles. The zero-order valence-electron chi connectivity index (χ0n) is 21.7. The summed E-state index contributed by atoms with van der Waals surface area (Å²) in [6.07, 6.45) is 2.35. The monoisotopic (exact) mass is 496 g/mol. The normalized spacial score (nSPS) is 18.6. The van der Waals surface area contributed by atoms with Gasteiger partial charge in [-0.3, -0.25) is 0 Å². The number of likely N-dealkylation sites (N-methyl/N-ethyl adjacent to an activating group) is 2. The molecule has 2 aliphatic heterocycles. The lowest BCUT2D eigenvalue weighted by Crippen LogP contribution is -2.44. The van der Waals surface area contributed by atoms with Crippen LogP contribution >= 0.6 is 11.8 Å². The van der Waals surface area contributed by atoms with E-state index in [0.717, 1.165) is 13.1 Å². The van der Waals surface area contributed by atoms with Gasteiger partial charge in [0.2, 0.25) is 0 Å². The Kier molecular flexibility index (Phi) is 10.6. The van der Waals surface area contributed by atoms with E-state index in [1.807, 2.05) is 11.8 Å². The SMILES string of the molecule is CN1CCN(CCCNc2ccccc2Sc2ccccc2NCCCN2CCN(C)CC2)CC1. The van der Waals surface area contributed by atoms with Crippen LogP contribution in [-0.4, -0.2) is 112 Å². The van der Waals surface area contributed by atoms with E-state index in [0.29, 0.717) is 0 Å². The van der Waals surface area contributed by atoms with Gasteiger partial charge >= 0.3 is 0 Å². The molecule has 192 valence electrons. The highest BCUT2D eigenvalue weighted by atomic mass is 32.2. The first-order valence-electron chi connectivity index (χ1n) is 13.3. The number of nitrogens with zero attached hydrogens (tertiary/aromatic N) is 4. The molecule has 0 bridgehead atoms. The Bertz CT molecular complexity index is 806. The zero-order valence-corrected chi connectivity index (χ0v) is 22.5. The summed E-state index contributed by atoms with van der Waals surface area (Å²) in [6, 6.07) is 17.4.